The van der Waals surface area contributed by atoms with Gasteiger partial charge in [0.1, 0.15) is 0 Å². The van der Waals surface area contributed by atoms with Crippen LogP contribution in [0.25, 0.3) is 0 Å². The van der Waals surface area contributed by atoms with Gasteiger partial charge in [0.2, 0.25) is 0 Å². The van der Waals surface area contributed by atoms with Gasteiger partial charge in [0.25, 0.3) is 0 Å². The van der Waals surface area contributed by atoms with E-state index in [0.717, 1.165) is 32.5 Å². The molecule has 1 aliphatic rings. The van der Waals surface area contributed by atoms with Gasteiger partial charge in [-0.2, -0.15) is 0 Å². The summed E-state index contributed by atoms with van der Waals surface area (Å²) < 4.78 is 0. The summed E-state index contributed by atoms with van der Waals surface area (Å²) in [6.45, 7) is 7.62. The number of hydrogen-bond donors (Lipinski definition) is 2. The largest absolute Gasteiger partial charge is 0.389 e. The van der Waals surface area contributed by atoms with Gasteiger partial charge in [-0.15, -0.1) is 0 Å². The van der Waals surface area contributed by atoms with E-state index in [0.29, 0.717) is 19.0 Å². The molecule has 0 bridgehead atoms. The zero-order valence-electron chi connectivity index (χ0n) is 15.2. The van der Waals surface area contributed by atoms with Crippen LogP contribution in [-0.4, -0.2) is 59.8 Å². The van der Waals surface area contributed by atoms with E-state index in [4.69, 9.17) is 0 Å². The first-order valence-corrected chi connectivity index (χ1v) is 8.81. The minimum atomic E-state index is -0.866. The average Bonchev–Trinajstić information content (AvgIpc) is 2.53. The molecule has 2 amide bonds. The summed E-state index contributed by atoms with van der Waals surface area (Å²) in [5.41, 5.74) is 0.493. The number of carbonyl (C=O) groups is 1. The van der Waals surface area contributed by atoms with E-state index in [1.807, 2.05) is 6.07 Å². The maximum atomic E-state index is 12.1. The number of rotatable bonds is 6. The lowest BCUT2D eigenvalue weighted by atomic mass is 9.96. The van der Waals surface area contributed by atoms with Crippen LogP contribution in [0.2, 0.25) is 0 Å². The van der Waals surface area contributed by atoms with Gasteiger partial charge in [0.15, 0.2) is 0 Å². The second kappa shape index (κ2) is 8.49. The number of likely N-dealkylation sites (tertiary alicyclic amines) is 1. The number of likely N-dealkylation sites (N-methyl/N-ethyl adjacent to an activating group) is 1. The fourth-order valence-electron chi connectivity index (χ4n) is 3.21. The summed E-state index contributed by atoms with van der Waals surface area (Å²) in [5, 5.41) is 12.8. The van der Waals surface area contributed by atoms with Crippen molar-refractivity contribution in [2.45, 2.75) is 38.8 Å². The van der Waals surface area contributed by atoms with Crippen LogP contribution in [0.15, 0.2) is 30.3 Å². The molecule has 0 radical (unpaired) electrons. The molecule has 0 aliphatic carbocycles. The third kappa shape index (κ3) is 6.49. The monoisotopic (exact) mass is 333 g/mol. The van der Waals surface area contributed by atoms with Crippen molar-refractivity contribution in [1.29, 1.82) is 0 Å². The number of nitrogens with one attached hydrogen (secondary N) is 1. The molecule has 1 fully saturated rings. The number of carbonyl (C=O) groups excluding carboxylic acids is 1. The topological polar surface area (TPSA) is 55.8 Å². The Morgan fingerprint density at radius 3 is 2.50 bits per heavy atom. The molecule has 24 heavy (non-hydrogen) atoms. The number of hydrogen-bond acceptors (Lipinski definition) is 3. The van der Waals surface area contributed by atoms with Crippen LogP contribution in [0.3, 0.4) is 0 Å². The summed E-state index contributed by atoms with van der Waals surface area (Å²) in [6, 6.07) is 10.5. The molecule has 0 aromatic heterocycles. The van der Waals surface area contributed by atoms with Gasteiger partial charge < -0.3 is 15.3 Å². The molecule has 1 heterocycles. The van der Waals surface area contributed by atoms with Gasteiger partial charge >= 0.3 is 6.03 Å². The molecule has 0 unspecified atom stereocenters. The van der Waals surface area contributed by atoms with E-state index in [9.17, 15) is 9.90 Å². The van der Waals surface area contributed by atoms with Crippen molar-refractivity contribution >= 4 is 6.03 Å². The number of nitrogens with zero attached hydrogens (tertiary/aromatic N) is 2. The van der Waals surface area contributed by atoms with E-state index in [1.54, 1.807) is 25.8 Å². The highest BCUT2D eigenvalue weighted by Gasteiger charge is 2.22. The Morgan fingerprint density at radius 1 is 1.29 bits per heavy atom. The van der Waals surface area contributed by atoms with Gasteiger partial charge in [-0.3, -0.25) is 4.90 Å². The zero-order chi connectivity index (χ0) is 17.6. The van der Waals surface area contributed by atoms with Crippen molar-refractivity contribution in [1.82, 2.24) is 15.1 Å². The summed E-state index contributed by atoms with van der Waals surface area (Å²) in [6.07, 6.45) is 2.23. The van der Waals surface area contributed by atoms with Crippen LogP contribution in [0, 0.1) is 5.92 Å². The normalized spacial score (nSPS) is 16.8. The third-order valence-corrected chi connectivity index (χ3v) is 4.47. The lowest BCUT2D eigenvalue weighted by Gasteiger charge is -2.32. The molecule has 0 saturated carbocycles. The Bertz CT molecular complexity index is 505. The summed E-state index contributed by atoms with van der Waals surface area (Å²) in [4.78, 5) is 16.1. The van der Waals surface area contributed by atoms with E-state index < -0.39 is 5.60 Å². The van der Waals surface area contributed by atoms with Crippen LogP contribution in [0.4, 0.5) is 4.79 Å². The first kappa shape index (κ1) is 18.7. The standard InChI is InChI=1S/C19H31N3O2/c1-19(2,24)15-21(3)18(23)20-13-16-9-11-22(12-10-16)14-17-7-5-4-6-8-17/h4-8,16,24H,9-15H2,1-3H3,(H,20,23). The zero-order valence-corrected chi connectivity index (χ0v) is 15.2. The molecule has 1 saturated heterocycles. The van der Waals surface area contributed by atoms with Crippen LogP contribution >= 0.6 is 0 Å². The summed E-state index contributed by atoms with van der Waals surface area (Å²) in [7, 11) is 1.72. The van der Waals surface area contributed by atoms with Gasteiger partial charge in [-0.1, -0.05) is 30.3 Å². The molecule has 1 aliphatic heterocycles. The second-order valence-corrected chi connectivity index (χ2v) is 7.56. The van der Waals surface area contributed by atoms with Crippen molar-refractivity contribution in [3.63, 3.8) is 0 Å². The Hall–Kier alpha value is -1.59. The third-order valence-electron chi connectivity index (χ3n) is 4.47. The quantitative estimate of drug-likeness (QED) is 0.840. The van der Waals surface area contributed by atoms with Crippen molar-refractivity contribution < 1.29 is 9.90 Å². The van der Waals surface area contributed by atoms with Crippen LogP contribution in [0.5, 0.6) is 0 Å². The number of benzene rings is 1. The smallest absolute Gasteiger partial charge is 0.317 e. The molecule has 2 N–H and O–H groups in total. The van der Waals surface area contributed by atoms with Gasteiger partial charge in [-0.25, -0.2) is 4.79 Å². The number of amides is 2. The van der Waals surface area contributed by atoms with Crippen molar-refractivity contribution in [2.24, 2.45) is 5.92 Å². The maximum Gasteiger partial charge on any atom is 0.317 e. The molecule has 0 atom stereocenters. The summed E-state index contributed by atoms with van der Waals surface area (Å²) in [5.74, 6) is 0.538. The molecule has 0 spiro atoms. The highest BCUT2D eigenvalue weighted by Crippen LogP contribution is 2.18. The molecule has 1 aromatic carbocycles. The predicted octanol–water partition coefficient (Wildman–Crippen LogP) is 2.31. The minimum Gasteiger partial charge on any atom is -0.389 e. The number of urea groups is 1. The maximum absolute atomic E-state index is 12.1. The summed E-state index contributed by atoms with van der Waals surface area (Å²) >= 11 is 0. The second-order valence-electron chi connectivity index (χ2n) is 7.56. The fraction of sp³-hybridized carbons (Fsp3) is 0.632. The molecule has 1 aromatic rings. The SMILES string of the molecule is CN(CC(C)(C)O)C(=O)NCC1CCN(Cc2ccccc2)CC1. The minimum absolute atomic E-state index is 0.108. The van der Waals surface area contributed by atoms with Gasteiger partial charge in [-0.05, 0) is 51.3 Å². The van der Waals surface area contributed by atoms with Crippen molar-refractivity contribution in [2.75, 3.05) is 33.2 Å². The van der Waals surface area contributed by atoms with E-state index >= 15 is 0 Å². The first-order valence-electron chi connectivity index (χ1n) is 8.81. The number of piperidine rings is 1. The lowest BCUT2D eigenvalue weighted by Crippen LogP contribution is -2.46. The Labute approximate surface area is 145 Å². The van der Waals surface area contributed by atoms with Crippen LogP contribution in [-0.2, 0) is 6.54 Å². The molecular weight excluding hydrogens is 302 g/mol. The van der Waals surface area contributed by atoms with Gasteiger partial charge in [0.05, 0.1) is 12.1 Å². The molecule has 5 heteroatoms. The Balaban J connectivity index is 1.67. The van der Waals surface area contributed by atoms with Crippen molar-refractivity contribution in [3.8, 4) is 0 Å². The molecular formula is C19H31N3O2. The Morgan fingerprint density at radius 2 is 1.92 bits per heavy atom. The Kier molecular flexibility index (Phi) is 6.63. The van der Waals surface area contributed by atoms with Gasteiger partial charge in [0, 0.05) is 20.1 Å². The fourth-order valence-corrected chi connectivity index (χ4v) is 3.21. The van der Waals surface area contributed by atoms with E-state index in [2.05, 4.69) is 34.5 Å². The molecule has 2 rings (SSSR count). The molecule has 5 nitrogen and oxygen atoms in total. The molecule has 134 valence electrons. The highest BCUT2D eigenvalue weighted by molar-refractivity contribution is 5.73. The van der Waals surface area contributed by atoms with Crippen molar-refractivity contribution in [3.05, 3.63) is 35.9 Å². The first-order chi connectivity index (χ1) is 11.3. The lowest BCUT2D eigenvalue weighted by molar-refractivity contribution is 0.0529. The van der Waals surface area contributed by atoms with Crippen LogP contribution in [0.1, 0.15) is 32.3 Å². The number of aliphatic hydroxyl groups is 1. The van der Waals surface area contributed by atoms with Crippen LogP contribution < -0.4 is 5.32 Å². The average molecular weight is 333 g/mol. The predicted molar refractivity (Wildman–Crippen MR) is 96.8 cm³/mol. The van der Waals surface area contributed by atoms with E-state index in [1.165, 1.54) is 5.56 Å². The highest BCUT2D eigenvalue weighted by atomic mass is 16.3. The van der Waals surface area contributed by atoms with E-state index in [-0.39, 0.29) is 6.03 Å².